The number of rotatable bonds is 7. The third kappa shape index (κ3) is 4.49. The van der Waals surface area contributed by atoms with Crippen LogP contribution in [-0.4, -0.2) is 43.2 Å². The third-order valence-corrected chi connectivity index (χ3v) is 7.02. The number of hydrogen-bond donors (Lipinski definition) is 0. The highest BCUT2D eigenvalue weighted by Gasteiger charge is 2.26. The van der Waals surface area contributed by atoms with Crippen LogP contribution in [-0.2, 0) is 27.8 Å². The quantitative estimate of drug-likeness (QED) is 0.373. The van der Waals surface area contributed by atoms with Crippen LogP contribution in [0.3, 0.4) is 0 Å². The van der Waals surface area contributed by atoms with Gasteiger partial charge in [0.15, 0.2) is 0 Å². The lowest BCUT2D eigenvalue weighted by molar-refractivity contribution is 0.0513. The minimum atomic E-state index is -3.48. The molecule has 0 N–H and O–H groups in total. The number of aromatic nitrogens is 1. The standard InChI is InChI=1S/C25H25FN2O4S/c1-4-32-25(29)24-22(16-27(2)33(3,30)31)20-10-5-6-11-23(20)28(24)15-18-9-7-8-17-12-13-19(26)14-21(17)18/h5-14H,4,15-16H2,1-3H3. The van der Waals surface area contributed by atoms with E-state index in [2.05, 4.69) is 0 Å². The first kappa shape index (κ1) is 22.9. The fourth-order valence-electron chi connectivity index (χ4n) is 4.09. The van der Waals surface area contributed by atoms with Gasteiger partial charge in [0.25, 0.3) is 0 Å². The van der Waals surface area contributed by atoms with Crippen molar-refractivity contribution in [3.05, 3.63) is 83.3 Å². The summed E-state index contributed by atoms with van der Waals surface area (Å²) in [7, 11) is -2.00. The van der Waals surface area contributed by atoms with Gasteiger partial charge in [-0.05, 0) is 41.5 Å². The normalized spacial score (nSPS) is 12.0. The highest BCUT2D eigenvalue weighted by Crippen LogP contribution is 2.31. The second-order valence-electron chi connectivity index (χ2n) is 7.95. The predicted molar refractivity (Wildman–Crippen MR) is 127 cm³/mol. The molecule has 0 bridgehead atoms. The Kier molecular flexibility index (Phi) is 6.23. The third-order valence-electron chi connectivity index (χ3n) is 5.75. The number of nitrogens with zero attached hydrogens (tertiary/aromatic N) is 2. The van der Waals surface area contributed by atoms with Crippen molar-refractivity contribution in [2.24, 2.45) is 0 Å². The number of benzene rings is 3. The topological polar surface area (TPSA) is 68.6 Å². The zero-order chi connectivity index (χ0) is 23.8. The van der Waals surface area contributed by atoms with Crippen LogP contribution in [0, 0.1) is 5.82 Å². The number of halogens is 1. The molecule has 0 unspecified atom stereocenters. The molecule has 0 fully saturated rings. The summed E-state index contributed by atoms with van der Waals surface area (Å²) in [5.74, 6) is -0.870. The van der Waals surface area contributed by atoms with E-state index in [-0.39, 0.29) is 25.5 Å². The molecule has 8 heteroatoms. The fourth-order valence-corrected chi connectivity index (χ4v) is 4.45. The molecule has 0 aliphatic carbocycles. The van der Waals surface area contributed by atoms with Crippen LogP contribution in [0.25, 0.3) is 21.7 Å². The van der Waals surface area contributed by atoms with E-state index < -0.39 is 16.0 Å². The van der Waals surface area contributed by atoms with Crippen LogP contribution in [0.2, 0.25) is 0 Å². The second kappa shape index (κ2) is 8.96. The van der Waals surface area contributed by atoms with Crippen LogP contribution in [0.4, 0.5) is 4.39 Å². The highest BCUT2D eigenvalue weighted by molar-refractivity contribution is 7.88. The van der Waals surface area contributed by atoms with Gasteiger partial charge in [-0.3, -0.25) is 0 Å². The van der Waals surface area contributed by atoms with Crippen LogP contribution in [0.5, 0.6) is 0 Å². The molecule has 4 rings (SSSR count). The van der Waals surface area contributed by atoms with Gasteiger partial charge in [0, 0.05) is 36.6 Å². The Morgan fingerprint density at radius 2 is 1.82 bits per heavy atom. The molecule has 0 amide bonds. The molecule has 6 nitrogen and oxygen atoms in total. The summed E-state index contributed by atoms with van der Waals surface area (Å²) < 4.78 is 46.7. The maximum Gasteiger partial charge on any atom is 0.355 e. The van der Waals surface area contributed by atoms with Gasteiger partial charge in [0.05, 0.1) is 12.9 Å². The number of sulfonamides is 1. The highest BCUT2D eigenvalue weighted by atomic mass is 32.2. The molecular weight excluding hydrogens is 443 g/mol. The van der Waals surface area contributed by atoms with E-state index in [1.807, 2.05) is 47.0 Å². The van der Waals surface area contributed by atoms with E-state index >= 15 is 0 Å². The van der Waals surface area contributed by atoms with Crippen molar-refractivity contribution in [3.8, 4) is 0 Å². The monoisotopic (exact) mass is 468 g/mol. The van der Waals surface area contributed by atoms with Gasteiger partial charge >= 0.3 is 5.97 Å². The molecule has 3 aromatic carbocycles. The molecule has 33 heavy (non-hydrogen) atoms. The molecule has 172 valence electrons. The molecule has 0 saturated carbocycles. The number of carbonyl (C=O) groups excluding carboxylic acids is 1. The molecule has 0 saturated heterocycles. The molecule has 0 spiro atoms. The summed E-state index contributed by atoms with van der Waals surface area (Å²) in [5.41, 5.74) is 2.47. The first-order chi connectivity index (χ1) is 15.7. The Balaban J connectivity index is 1.96. The summed E-state index contributed by atoms with van der Waals surface area (Å²) in [6.45, 7) is 2.21. The molecule has 0 aliphatic rings. The van der Waals surface area contributed by atoms with E-state index in [9.17, 15) is 17.6 Å². The van der Waals surface area contributed by atoms with Gasteiger partial charge in [-0.15, -0.1) is 0 Å². The summed E-state index contributed by atoms with van der Waals surface area (Å²) in [6, 6.07) is 17.8. The summed E-state index contributed by atoms with van der Waals surface area (Å²) in [6.07, 6.45) is 1.13. The van der Waals surface area contributed by atoms with Crippen molar-refractivity contribution in [2.75, 3.05) is 19.9 Å². The number of hydrogen-bond acceptors (Lipinski definition) is 4. The Bertz CT molecular complexity index is 1460. The van der Waals surface area contributed by atoms with Crippen molar-refractivity contribution in [2.45, 2.75) is 20.0 Å². The van der Waals surface area contributed by atoms with E-state index in [0.717, 1.165) is 33.5 Å². The van der Waals surface area contributed by atoms with E-state index in [0.29, 0.717) is 11.3 Å². The van der Waals surface area contributed by atoms with Crippen molar-refractivity contribution in [3.63, 3.8) is 0 Å². The molecule has 1 heterocycles. The fraction of sp³-hybridized carbons (Fsp3) is 0.240. The minimum absolute atomic E-state index is 0.0185. The maximum absolute atomic E-state index is 14.0. The average Bonchev–Trinajstić information content (AvgIpc) is 3.07. The van der Waals surface area contributed by atoms with Crippen molar-refractivity contribution < 1.29 is 22.3 Å². The summed E-state index contributed by atoms with van der Waals surface area (Å²) in [5, 5.41) is 2.41. The minimum Gasteiger partial charge on any atom is -0.461 e. The number of fused-ring (bicyclic) bond motifs is 2. The average molecular weight is 469 g/mol. The molecule has 1 aromatic heterocycles. The van der Waals surface area contributed by atoms with Gasteiger partial charge in [-0.25, -0.2) is 21.9 Å². The zero-order valence-corrected chi connectivity index (χ0v) is 19.5. The van der Waals surface area contributed by atoms with Crippen molar-refractivity contribution >= 4 is 37.7 Å². The smallest absolute Gasteiger partial charge is 0.355 e. The number of ether oxygens (including phenoxy) is 1. The lowest BCUT2D eigenvalue weighted by Gasteiger charge is -2.16. The van der Waals surface area contributed by atoms with Crippen molar-refractivity contribution in [1.82, 2.24) is 8.87 Å². The van der Waals surface area contributed by atoms with E-state index in [4.69, 9.17) is 4.74 Å². The van der Waals surface area contributed by atoms with Gasteiger partial charge < -0.3 is 9.30 Å². The molecule has 4 aromatic rings. The summed E-state index contributed by atoms with van der Waals surface area (Å²) >= 11 is 0. The van der Waals surface area contributed by atoms with Crippen LogP contribution >= 0.6 is 0 Å². The lowest BCUT2D eigenvalue weighted by Crippen LogP contribution is -2.26. The Morgan fingerprint density at radius 1 is 1.06 bits per heavy atom. The van der Waals surface area contributed by atoms with Crippen LogP contribution < -0.4 is 0 Å². The van der Waals surface area contributed by atoms with E-state index in [1.54, 1.807) is 13.0 Å². The lowest BCUT2D eigenvalue weighted by atomic mass is 10.0. The Labute approximate surface area is 192 Å². The first-order valence-corrected chi connectivity index (χ1v) is 12.4. The van der Waals surface area contributed by atoms with Crippen LogP contribution in [0.15, 0.2) is 60.7 Å². The maximum atomic E-state index is 14.0. The Hall–Kier alpha value is -3.23. The molecule has 0 radical (unpaired) electrons. The SMILES string of the molecule is CCOC(=O)c1c(CN(C)S(C)(=O)=O)c2ccccc2n1Cc1cccc2ccc(F)cc12. The van der Waals surface area contributed by atoms with Gasteiger partial charge in [-0.2, -0.15) is 0 Å². The second-order valence-corrected chi connectivity index (χ2v) is 10.0. The largest absolute Gasteiger partial charge is 0.461 e. The number of carbonyl (C=O) groups is 1. The molecule has 0 aliphatic heterocycles. The van der Waals surface area contributed by atoms with Crippen LogP contribution in [0.1, 0.15) is 28.5 Å². The Morgan fingerprint density at radius 3 is 2.55 bits per heavy atom. The summed E-state index contributed by atoms with van der Waals surface area (Å²) in [4.78, 5) is 13.1. The first-order valence-electron chi connectivity index (χ1n) is 10.6. The molecule has 0 atom stereocenters. The van der Waals surface area contributed by atoms with Gasteiger partial charge in [0.2, 0.25) is 10.0 Å². The predicted octanol–water partition coefficient (Wildman–Crippen LogP) is 4.55. The zero-order valence-electron chi connectivity index (χ0n) is 18.7. The molecular formula is C25H25FN2O4S. The van der Waals surface area contributed by atoms with Gasteiger partial charge in [-0.1, -0.05) is 42.5 Å². The number of esters is 1. The van der Waals surface area contributed by atoms with E-state index in [1.165, 1.54) is 23.5 Å². The number of para-hydroxylation sites is 1. The van der Waals surface area contributed by atoms with Gasteiger partial charge in [0.1, 0.15) is 11.5 Å². The van der Waals surface area contributed by atoms with Crippen molar-refractivity contribution in [1.29, 1.82) is 0 Å².